The molecule has 0 spiro atoms. The van der Waals surface area contributed by atoms with Crippen molar-refractivity contribution in [2.45, 2.75) is 39.4 Å². The second-order valence-corrected chi connectivity index (χ2v) is 6.99. The summed E-state index contributed by atoms with van der Waals surface area (Å²) in [5.74, 6) is 0. The summed E-state index contributed by atoms with van der Waals surface area (Å²) >= 11 is 0.695. The van der Waals surface area contributed by atoms with Crippen molar-refractivity contribution in [3.8, 4) is 0 Å². The van der Waals surface area contributed by atoms with Gasteiger partial charge in [-0.05, 0) is 0 Å². The number of hydrogen-bond acceptors (Lipinski definition) is 2. The molecule has 17 heavy (non-hydrogen) atoms. The van der Waals surface area contributed by atoms with E-state index < -0.39 is 7.54 Å². The second kappa shape index (κ2) is 8.04. The average Bonchev–Trinajstić information content (AvgIpc) is 2.46. The minimum atomic E-state index is -3.67. The summed E-state index contributed by atoms with van der Waals surface area (Å²) in [5, 5.41) is 0. The molecule has 1 heterocycles. The second-order valence-electron chi connectivity index (χ2n) is 4.91. The maximum Gasteiger partial charge on any atom is 0.762 e. The van der Waals surface area contributed by atoms with Crippen molar-refractivity contribution in [1.82, 2.24) is 4.90 Å². The fourth-order valence-electron chi connectivity index (χ4n) is 1.53. The van der Waals surface area contributed by atoms with E-state index in [0.717, 1.165) is 13.0 Å². The summed E-state index contributed by atoms with van der Waals surface area (Å²) < 4.78 is 34.8. The summed E-state index contributed by atoms with van der Waals surface area (Å²) in [5.41, 5.74) is -0.355. The smallest absolute Gasteiger partial charge is 0.254 e. The Hall–Kier alpha value is 0.761. The number of likely N-dealkylation sites (tertiary alicyclic amines) is 1. The van der Waals surface area contributed by atoms with Crippen LogP contribution in [0.4, 0.5) is 17.7 Å². The van der Waals surface area contributed by atoms with Gasteiger partial charge >= 0.3 is 123 Å². The van der Waals surface area contributed by atoms with Gasteiger partial charge in [-0.25, -0.2) is 0 Å². The standard InChI is InChI=1S/C9H16NO2.BF3.K/c1-9(2,3)12-8(11)10-6-4-5-7-10;2-1(3)4;/h6H,4-5,7H2,1-3H3;;. The van der Waals surface area contributed by atoms with Crippen LogP contribution in [-0.2, 0) is 4.74 Å². The molecule has 0 bridgehead atoms. The number of hydrogen-bond donors (Lipinski definition) is 0. The van der Waals surface area contributed by atoms with Crippen molar-refractivity contribution in [2.24, 2.45) is 0 Å². The molecule has 1 aliphatic rings. The number of ether oxygens (including phenoxy) is 1. The van der Waals surface area contributed by atoms with Gasteiger partial charge in [-0.1, -0.05) is 0 Å². The minimum Gasteiger partial charge on any atom is -0.254 e. The Balaban J connectivity index is 0.000000557. The first-order valence-electron chi connectivity index (χ1n) is 5.55. The zero-order chi connectivity index (χ0) is 13.6. The Morgan fingerprint density at radius 1 is 1.41 bits per heavy atom. The Labute approximate surface area is 134 Å². The Morgan fingerprint density at radius 3 is 2.18 bits per heavy atom. The molecular weight excluding hydrogens is 261 g/mol. The van der Waals surface area contributed by atoms with E-state index in [-0.39, 0.29) is 11.7 Å². The van der Waals surface area contributed by atoms with Crippen LogP contribution >= 0.6 is 0 Å². The van der Waals surface area contributed by atoms with Crippen molar-refractivity contribution >= 4 is 62.6 Å². The molecule has 1 unspecified atom stereocenters. The van der Waals surface area contributed by atoms with Crippen LogP contribution in [0.25, 0.3) is 0 Å². The van der Waals surface area contributed by atoms with Crippen molar-refractivity contribution in [2.75, 3.05) is 6.54 Å². The maximum absolute atomic E-state index is 11.6. The molecule has 0 aliphatic carbocycles. The van der Waals surface area contributed by atoms with Crippen molar-refractivity contribution in [3.05, 3.63) is 0 Å². The molecule has 1 fully saturated rings. The first-order chi connectivity index (χ1) is 7.63. The molecule has 0 aromatic carbocycles. The first-order valence-corrected chi connectivity index (χ1v) is 7.35. The van der Waals surface area contributed by atoms with Crippen LogP contribution in [0.3, 0.4) is 0 Å². The van der Waals surface area contributed by atoms with Gasteiger partial charge in [0, 0.05) is 0 Å². The molecule has 1 rings (SSSR count). The predicted octanol–water partition coefficient (Wildman–Crippen LogP) is 2.39. The zero-order valence-corrected chi connectivity index (χ0v) is 13.8. The summed E-state index contributed by atoms with van der Waals surface area (Å²) in [6, 6.07) is 0. The fourth-order valence-corrected chi connectivity index (χ4v) is 2.89. The molecule has 0 radical (unpaired) electrons. The minimum absolute atomic E-state index is 0.122. The number of carbonyl (C=O) groups excluding carboxylic acids is 1. The monoisotopic (exact) mass is 277 g/mol. The topological polar surface area (TPSA) is 29.5 Å². The number of amides is 1. The van der Waals surface area contributed by atoms with Crippen LogP contribution in [-0.4, -0.2) is 79.8 Å². The van der Waals surface area contributed by atoms with Crippen LogP contribution < -0.4 is 0 Å². The van der Waals surface area contributed by atoms with Gasteiger partial charge in [0.2, 0.25) is 0 Å². The zero-order valence-electron chi connectivity index (χ0n) is 10.7. The van der Waals surface area contributed by atoms with Crippen molar-refractivity contribution < 1.29 is 22.5 Å². The third kappa shape index (κ3) is 9.35. The number of rotatable bonds is 0. The van der Waals surface area contributed by atoms with E-state index in [1.54, 1.807) is 0 Å². The Morgan fingerprint density at radius 2 is 1.88 bits per heavy atom. The molecular formula is C9H16BF3KNO2. The molecule has 1 amide bonds. The average molecular weight is 277 g/mol. The fraction of sp³-hybridized carbons (Fsp3) is 0.889. The van der Waals surface area contributed by atoms with Crippen LogP contribution in [0.2, 0.25) is 0 Å². The van der Waals surface area contributed by atoms with Gasteiger partial charge in [0.25, 0.3) is 0 Å². The van der Waals surface area contributed by atoms with E-state index in [9.17, 15) is 17.7 Å². The van der Waals surface area contributed by atoms with Crippen molar-refractivity contribution in [3.63, 3.8) is 0 Å². The number of nitrogens with zero attached hydrogens (tertiary/aromatic N) is 1. The van der Waals surface area contributed by atoms with Crippen LogP contribution in [0.1, 0.15) is 33.6 Å². The van der Waals surface area contributed by atoms with Crippen LogP contribution in [0.5, 0.6) is 0 Å². The van der Waals surface area contributed by atoms with Crippen LogP contribution in [0.15, 0.2) is 0 Å². The molecule has 94 valence electrons. The van der Waals surface area contributed by atoms with Gasteiger partial charge in [-0.2, -0.15) is 0 Å². The summed E-state index contributed by atoms with van der Waals surface area (Å²) in [6.45, 7) is 6.62. The van der Waals surface area contributed by atoms with E-state index in [4.69, 9.17) is 4.74 Å². The third-order valence-electron chi connectivity index (χ3n) is 2.18. The normalized spacial score (nSPS) is 19.5. The summed E-state index contributed by atoms with van der Waals surface area (Å²) in [4.78, 5) is 13.5. The van der Waals surface area contributed by atoms with Crippen molar-refractivity contribution in [1.29, 1.82) is 0 Å². The molecule has 3 nitrogen and oxygen atoms in total. The molecule has 0 saturated carbocycles. The largest absolute Gasteiger partial charge is 0.762 e. The van der Waals surface area contributed by atoms with Crippen LogP contribution in [0, 0.1) is 0 Å². The molecule has 1 aliphatic heterocycles. The first kappa shape index (κ1) is 17.8. The molecule has 0 aromatic rings. The van der Waals surface area contributed by atoms with E-state index in [0.29, 0.717) is 49.1 Å². The summed E-state index contributed by atoms with van der Waals surface area (Å²) in [6.07, 6.45) is 2.20. The third-order valence-corrected chi connectivity index (χ3v) is 4.06. The molecule has 0 aromatic heterocycles. The van der Waals surface area contributed by atoms with Gasteiger partial charge in [0.05, 0.1) is 0 Å². The van der Waals surface area contributed by atoms with Gasteiger partial charge in [-0.3, -0.25) is 12.9 Å². The van der Waals surface area contributed by atoms with Gasteiger partial charge in [0.1, 0.15) is 0 Å². The quantitative estimate of drug-likeness (QED) is 0.636. The number of halogens is 3. The molecule has 1 saturated heterocycles. The van der Waals surface area contributed by atoms with Gasteiger partial charge in [-0.15, -0.1) is 0 Å². The Bertz CT molecular complexity index is 248. The molecule has 0 N–H and O–H groups in total. The van der Waals surface area contributed by atoms with E-state index in [1.807, 2.05) is 25.7 Å². The molecule has 8 heteroatoms. The van der Waals surface area contributed by atoms with Gasteiger partial charge in [0.15, 0.2) is 0 Å². The van der Waals surface area contributed by atoms with Gasteiger partial charge < -0.3 is 0 Å². The Kier molecular flexibility index (Phi) is 8.40. The van der Waals surface area contributed by atoms with E-state index in [1.165, 1.54) is 6.42 Å². The van der Waals surface area contributed by atoms with E-state index in [2.05, 4.69) is 0 Å². The molecule has 1 atom stereocenters. The maximum atomic E-state index is 11.6. The van der Waals surface area contributed by atoms with E-state index >= 15 is 0 Å². The summed E-state index contributed by atoms with van der Waals surface area (Å²) in [7, 11) is -3.67. The predicted molar refractivity (Wildman–Crippen MR) is 60.8 cm³/mol. The SMILES string of the molecule is CC(C)(C)OC(=O)N1CCC[CH]1[K].FB(F)F. The number of carbonyl (C=O) groups is 1.